The van der Waals surface area contributed by atoms with E-state index in [1.165, 1.54) is 0 Å². The van der Waals surface area contributed by atoms with Gasteiger partial charge in [0.1, 0.15) is 6.04 Å². The zero-order valence-corrected chi connectivity index (χ0v) is 17.4. The van der Waals surface area contributed by atoms with E-state index in [9.17, 15) is 9.59 Å². The minimum atomic E-state index is -0.542. The van der Waals surface area contributed by atoms with Crippen molar-refractivity contribution >= 4 is 41.5 Å². The van der Waals surface area contributed by atoms with Gasteiger partial charge in [0, 0.05) is 37.6 Å². The summed E-state index contributed by atoms with van der Waals surface area (Å²) in [4.78, 5) is 26.7. The van der Waals surface area contributed by atoms with Gasteiger partial charge in [-0.25, -0.2) is 0 Å². The van der Waals surface area contributed by atoms with E-state index in [2.05, 4.69) is 15.7 Å². The molecule has 27 heavy (non-hydrogen) atoms. The van der Waals surface area contributed by atoms with Crippen LogP contribution in [0.15, 0.2) is 30.6 Å². The van der Waals surface area contributed by atoms with Gasteiger partial charge >= 0.3 is 0 Å². The second kappa shape index (κ2) is 10.3. The first kappa shape index (κ1) is 23.0. The number of anilines is 1. The van der Waals surface area contributed by atoms with Crippen molar-refractivity contribution in [1.82, 2.24) is 20.0 Å². The lowest BCUT2D eigenvalue weighted by Gasteiger charge is -2.20. The van der Waals surface area contributed by atoms with Gasteiger partial charge in [0.2, 0.25) is 5.91 Å². The Kier molecular flexibility index (Phi) is 8.75. The molecule has 0 bridgehead atoms. The van der Waals surface area contributed by atoms with Crippen LogP contribution in [-0.2, 0) is 11.8 Å². The Bertz CT molecular complexity index is 790. The van der Waals surface area contributed by atoms with Crippen LogP contribution in [0.4, 0.5) is 5.69 Å². The van der Waals surface area contributed by atoms with E-state index >= 15 is 0 Å². The van der Waals surface area contributed by atoms with Crippen molar-refractivity contribution in [2.24, 2.45) is 7.05 Å². The van der Waals surface area contributed by atoms with Gasteiger partial charge in [0.05, 0.1) is 16.8 Å². The molecule has 0 aliphatic rings. The van der Waals surface area contributed by atoms with Crippen LogP contribution in [0, 0.1) is 0 Å². The minimum absolute atomic E-state index is 0. The van der Waals surface area contributed by atoms with Crippen LogP contribution >= 0.6 is 24.0 Å². The first-order chi connectivity index (χ1) is 12.4. The van der Waals surface area contributed by atoms with Gasteiger partial charge in [-0.15, -0.1) is 12.4 Å². The average Bonchev–Trinajstić information content (AvgIpc) is 3.02. The number of amides is 2. The van der Waals surface area contributed by atoms with Crippen LogP contribution in [0.25, 0.3) is 0 Å². The Hall–Kier alpha value is -2.09. The molecule has 0 fully saturated rings. The van der Waals surface area contributed by atoms with E-state index in [0.29, 0.717) is 29.4 Å². The number of benzene rings is 1. The highest BCUT2D eigenvalue weighted by Crippen LogP contribution is 2.23. The predicted molar refractivity (Wildman–Crippen MR) is 110 cm³/mol. The normalized spacial score (nSPS) is 11.4. The number of rotatable bonds is 7. The Morgan fingerprint density at radius 1 is 1.30 bits per heavy atom. The molecule has 0 aliphatic heterocycles. The molecule has 7 nitrogen and oxygen atoms in total. The first-order valence-electron chi connectivity index (χ1n) is 8.46. The summed E-state index contributed by atoms with van der Waals surface area (Å²) in [5.74, 6) is -0.360. The number of hydrogen-bond acceptors (Lipinski definition) is 4. The molecule has 0 radical (unpaired) electrons. The molecule has 9 heteroatoms. The number of halogens is 2. The fourth-order valence-corrected chi connectivity index (χ4v) is 2.96. The predicted octanol–water partition coefficient (Wildman–Crippen LogP) is 2.88. The van der Waals surface area contributed by atoms with Crippen LogP contribution in [0.3, 0.4) is 0 Å². The zero-order valence-electron chi connectivity index (χ0n) is 15.8. The second-order valence-electron chi connectivity index (χ2n) is 5.83. The number of carbonyl (C=O) groups excluding carboxylic acids is 2. The number of likely N-dealkylation sites (N-methyl/N-ethyl adjacent to an activating group) is 1. The highest BCUT2D eigenvalue weighted by Gasteiger charge is 2.21. The highest BCUT2D eigenvalue weighted by atomic mass is 35.5. The summed E-state index contributed by atoms with van der Waals surface area (Å²) in [5.41, 5.74) is 1.71. The molecule has 1 aromatic carbocycles. The lowest BCUT2D eigenvalue weighted by atomic mass is 10.1. The van der Waals surface area contributed by atoms with Gasteiger partial charge in [-0.05, 0) is 39.1 Å². The fraction of sp³-hybridized carbons (Fsp3) is 0.389. The van der Waals surface area contributed by atoms with Gasteiger partial charge in [-0.2, -0.15) is 5.10 Å². The molecule has 1 atom stereocenters. The molecule has 148 valence electrons. The Labute approximate surface area is 170 Å². The lowest BCUT2D eigenvalue weighted by molar-refractivity contribution is -0.118. The van der Waals surface area contributed by atoms with E-state index in [4.69, 9.17) is 11.6 Å². The van der Waals surface area contributed by atoms with Gasteiger partial charge in [-0.1, -0.05) is 11.6 Å². The summed E-state index contributed by atoms with van der Waals surface area (Å²) in [6, 6.07) is 4.36. The van der Waals surface area contributed by atoms with E-state index < -0.39 is 6.04 Å². The maximum atomic E-state index is 12.6. The Balaban J connectivity index is 0.00000364. The number of hydrogen-bond donors (Lipinski definition) is 2. The number of nitrogens with one attached hydrogen (secondary N) is 2. The SMILES string of the molecule is CCN(CC)C(=O)c1ccc(NC(=O)C(NC)c2cnn(C)c2)cc1Cl.Cl. The first-order valence-corrected chi connectivity index (χ1v) is 8.84. The van der Waals surface area contributed by atoms with Crippen molar-refractivity contribution in [2.45, 2.75) is 19.9 Å². The minimum Gasteiger partial charge on any atom is -0.339 e. The summed E-state index contributed by atoms with van der Waals surface area (Å²) in [7, 11) is 3.50. The third-order valence-corrected chi connectivity index (χ3v) is 4.44. The molecule has 0 saturated carbocycles. The molecule has 1 aromatic heterocycles. The summed E-state index contributed by atoms with van der Waals surface area (Å²) in [6.07, 6.45) is 3.42. The molecule has 2 rings (SSSR count). The number of aromatic nitrogens is 2. The molecule has 0 spiro atoms. The quantitative estimate of drug-likeness (QED) is 0.731. The molecule has 2 aromatic rings. The topological polar surface area (TPSA) is 79.3 Å². The van der Waals surface area contributed by atoms with Crippen molar-refractivity contribution < 1.29 is 9.59 Å². The van der Waals surface area contributed by atoms with Gasteiger partial charge in [0.25, 0.3) is 5.91 Å². The van der Waals surface area contributed by atoms with Crippen molar-refractivity contribution in [2.75, 3.05) is 25.5 Å². The zero-order chi connectivity index (χ0) is 19.3. The molecule has 0 saturated heterocycles. The van der Waals surface area contributed by atoms with Crippen LogP contribution < -0.4 is 10.6 Å². The lowest BCUT2D eigenvalue weighted by Crippen LogP contribution is -2.31. The second-order valence-corrected chi connectivity index (χ2v) is 6.24. The molecule has 1 heterocycles. The standard InChI is InChI=1S/C18H24ClN5O2.ClH/c1-5-24(6-2)18(26)14-8-7-13(9-15(14)19)22-17(25)16(20-3)12-10-21-23(4)11-12;/h7-11,16,20H,5-6H2,1-4H3,(H,22,25);1H. The van der Waals surface area contributed by atoms with E-state index in [0.717, 1.165) is 5.56 Å². The number of nitrogens with zero attached hydrogens (tertiary/aromatic N) is 3. The molecule has 2 amide bonds. The Morgan fingerprint density at radius 2 is 1.96 bits per heavy atom. The van der Waals surface area contributed by atoms with Crippen molar-refractivity contribution in [3.8, 4) is 0 Å². The molecule has 1 unspecified atom stereocenters. The van der Waals surface area contributed by atoms with Crippen molar-refractivity contribution in [3.63, 3.8) is 0 Å². The van der Waals surface area contributed by atoms with Crippen LogP contribution in [0.1, 0.15) is 35.8 Å². The number of aryl methyl sites for hydroxylation is 1. The highest BCUT2D eigenvalue weighted by molar-refractivity contribution is 6.34. The molecular weight excluding hydrogens is 389 g/mol. The third-order valence-electron chi connectivity index (χ3n) is 4.13. The van der Waals surface area contributed by atoms with E-state index in [1.54, 1.807) is 54.3 Å². The fourth-order valence-electron chi connectivity index (χ4n) is 2.70. The molecular formula is C18H25Cl2N5O2. The van der Waals surface area contributed by atoms with E-state index in [1.807, 2.05) is 13.8 Å². The largest absolute Gasteiger partial charge is 0.339 e. The molecule has 0 aliphatic carbocycles. The van der Waals surface area contributed by atoms with Crippen LogP contribution in [0.5, 0.6) is 0 Å². The van der Waals surface area contributed by atoms with Crippen molar-refractivity contribution in [3.05, 3.63) is 46.7 Å². The average molecular weight is 414 g/mol. The van der Waals surface area contributed by atoms with Crippen molar-refractivity contribution in [1.29, 1.82) is 0 Å². The Morgan fingerprint density at radius 3 is 2.44 bits per heavy atom. The van der Waals surface area contributed by atoms with Gasteiger partial charge < -0.3 is 15.5 Å². The number of carbonyl (C=O) groups is 2. The van der Waals surface area contributed by atoms with Gasteiger partial charge in [-0.3, -0.25) is 14.3 Å². The van der Waals surface area contributed by atoms with Crippen LogP contribution in [0.2, 0.25) is 5.02 Å². The monoisotopic (exact) mass is 413 g/mol. The van der Waals surface area contributed by atoms with E-state index in [-0.39, 0.29) is 24.2 Å². The summed E-state index contributed by atoms with van der Waals surface area (Å²) < 4.78 is 1.64. The van der Waals surface area contributed by atoms with Gasteiger partial charge in [0.15, 0.2) is 0 Å². The maximum Gasteiger partial charge on any atom is 0.255 e. The smallest absolute Gasteiger partial charge is 0.255 e. The maximum absolute atomic E-state index is 12.6. The third kappa shape index (κ3) is 5.45. The summed E-state index contributed by atoms with van der Waals surface area (Å²) >= 11 is 6.27. The van der Waals surface area contributed by atoms with Crippen LogP contribution in [-0.4, -0.2) is 46.6 Å². The summed E-state index contributed by atoms with van der Waals surface area (Å²) in [5, 5.41) is 10.2. The molecule has 2 N–H and O–H groups in total. The summed E-state index contributed by atoms with van der Waals surface area (Å²) in [6.45, 7) is 5.05.